The minimum atomic E-state index is -0.316. The molecule has 1 aromatic carbocycles. The summed E-state index contributed by atoms with van der Waals surface area (Å²) in [6, 6.07) is 8.43. The summed E-state index contributed by atoms with van der Waals surface area (Å²) in [4.78, 5) is 6.61. The van der Waals surface area contributed by atoms with Gasteiger partial charge in [0.15, 0.2) is 0 Å². The van der Waals surface area contributed by atoms with Crippen LogP contribution in [-0.2, 0) is 0 Å². The van der Waals surface area contributed by atoms with Crippen molar-refractivity contribution >= 4 is 22.2 Å². The molecule has 0 amide bonds. The molecule has 0 spiro atoms. The van der Waals surface area contributed by atoms with Gasteiger partial charge in [0.2, 0.25) is 0 Å². The maximum Gasteiger partial charge on any atom is 0.130 e. The molecule has 0 atom stereocenters. The fraction of sp³-hybridized carbons (Fsp3) is 0.444. The average Bonchev–Trinajstić information content (AvgIpc) is 2.89. The lowest BCUT2D eigenvalue weighted by Gasteiger charge is -2.35. The van der Waals surface area contributed by atoms with E-state index in [2.05, 4.69) is 52.3 Å². The number of hydrogen-bond donors (Lipinski definition) is 4. The second-order valence-electron chi connectivity index (χ2n) is 8.68. The molecular formula is C27H43FN8. The van der Waals surface area contributed by atoms with E-state index in [1.807, 2.05) is 51.4 Å². The van der Waals surface area contributed by atoms with Gasteiger partial charge in [-0.05, 0) is 48.4 Å². The predicted molar refractivity (Wildman–Crippen MR) is 150 cm³/mol. The Morgan fingerprint density at radius 2 is 1.92 bits per heavy atom. The molecule has 0 unspecified atom stereocenters. The number of anilines is 1. The summed E-state index contributed by atoms with van der Waals surface area (Å²) in [6.45, 7) is 12.0. The number of pyridine rings is 1. The molecule has 8 nitrogen and oxygen atoms in total. The maximum atomic E-state index is 12.5. The number of nitrogens with two attached hydrogens (primary N) is 2. The highest BCUT2D eigenvalue weighted by atomic mass is 19.1. The minimum absolute atomic E-state index is 0.165. The molecule has 9 heteroatoms. The molecule has 1 aliphatic heterocycles. The van der Waals surface area contributed by atoms with Crippen molar-refractivity contribution in [1.29, 1.82) is 0 Å². The number of alkyl halides is 1. The number of halogens is 1. The molecule has 2 aromatic rings. The van der Waals surface area contributed by atoms with Crippen molar-refractivity contribution in [3.8, 4) is 0 Å². The van der Waals surface area contributed by atoms with Crippen LogP contribution in [0, 0.1) is 0 Å². The standard InChI is InChI=1S/C25H37FN8.C2H6/c1-18(16-32(4)29-3)20-5-6-21-15-30-25(14-22(21)13-20)31-19(2)24(27)17-34(28)23-7-10-33(11-8-23)12-9-26;1-2/h5-6,13-17,23,29H,2,7-12,27-28H2,1,3-4H3,(H,30,31);1-2H3/b18-16+,24-17-;. The first-order valence-electron chi connectivity index (χ1n) is 12.5. The molecule has 1 fully saturated rings. The molecule has 36 heavy (non-hydrogen) atoms. The Balaban J connectivity index is 0.00000222. The highest BCUT2D eigenvalue weighted by molar-refractivity contribution is 5.87. The molecule has 3 rings (SSSR count). The Bertz CT molecular complexity index is 1040. The minimum Gasteiger partial charge on any atom is -0.396 e. The second kappa shape index (κ2) is 14.4. The summed E-state index contributed by atoms with van der Waals surface area (Å²) in [5, 5.41) is 8.85. The van der Waals surface area contributed by atoms with Gasteiger partial charge in [-0.1, -0.05) is 32.6 Å². The van der Waals surface area contributed by atoms with Crippen molar-refractivity contribution in [3.63, 3.8) is 0 Å². The van der Waals surface area contributed by atoms with Gasteiger partial charge in [0.05, 0.1) is 11.4 Å². The number of nitrogens with one attached hydrogen (secondary N) is 2. The molecule has 0 saturated carbocycles. The van der Waals surface area contributed by atoms with E-state index in [1.165, 1.54) is 0 Å². The third kappa shape index (κ3) is 8.22. The van der Waals surface area contributed by atoms with Crippen molar-refractivity contribution in [1.82, 2.24) is 25.3 Å². The zero-order valence-electron chi connectivity index (χ0n) is 22.4. The van der Waals surface area contributed by atoms with Crippen LogP contribution >= 0.6 is 0 Å². The van der Waals surface area contributed by atoms with Crippen LogP contribution in [0.25, 0.3) is 16.3 Å². The molecule has 2 heterocycles. The van der Waals surface area contributed by atoms with Crippen LogP contribution in [0.1, 0.15) is 39.2 Å². The molecular weight excluding hydrogens is 455 g/mol. The van der Waals surface area contributed by atoms with E-state index in [0.717, 1.165) is 47.8 Å². The number of aromatic nitrogens is 1. The van der Waals surface area contributed by atoms with Crippen molar-refractivity contribution in [2.75, 3.05) is 45.7 Å². The van der Waals surface area contributed by atoms with Crippen molar-refractivity contribution in [2.24, 2.45) is 11.6 Å². The number of rotatable bonds is 10. The smallest absolute Gasteiger partial charge is 0.130 e. The van der Waals surface area contributed by atoms with Gasteiger partial charge in [-0.2, -0.15) is 0 Å². The molecule has 0 aliphatic carbocycles. The Labute approximate surface area is 215 Å². The number of fused-ring (bicyclic) bond motifs is 1. The zero-order valence-corrected chi connectivity index (χ0v) is 22.4. The normalized spacial score (nSPS) is 15.3. The van der Waals surface area contributed by atoms with Gasteiger partial charge < -0.3 is 26.0 Å². The molecule has 6 N–H and O–H groups in total. The van der Waals surface area contributed by atoms with Crippen molar-refractivity contribution in [3.05, 3.63) is 66.4 Å². The van der Waals surface area contributed by atoms with E-state index >= 15 is 0 Å². The first-order valence-corrected chi connectivity index (χ1v) is 12.5. The Morgan fingerprint density at radius 3 is 2.56 bits per heavy atom. The van der Waals surface area contributed by atoms with Gasteiger partial charge in [-0.25, -0.2) is 20.6 Å². The van der Waals surface area contributed by atoms with Crippen LogP contribution in [0.5, 0.6) is 0 Å². The largest absolute Gasteiger partial charge is 0.396 e. The van der Waals surface area contributed by atoms with Crippen LogP contribution < -0.4 is 22.3 Å². The fourth-order valence-electron chi connectivity index (χ4n) is 4.02. The molecule has 198 valence electrons. The number of allylic oxidation sites excluding steroid dienone is 1. The second-order valence-corrected chi connectivity index (χ2v) is 8.68. The maximum absolute atomic E-state index is 12.5. The fourth-order valence-corrected chi connectivity index (χ4v) is 4.02. The topological polar surface area (TPSA) is 98.7 Å². The molecule has 1 aliphatic rings. The first kappa shape index (κ1) is 29.1. The first-order chi connectivity index (χ1) is 17.3. The lowest BCUT2D eigenvalue weighted by molar-refractivity contribution is 0.135. The Hall–Kier alpha value is -3.14. The van der Waals surface area contributed by atoms with Crippen LogP contribution in [-0.4, -0.2) is 66.3 Å². The van der Waals surface area contributed by atoms with Crippen molar-refractivity contribution in [2.45, 2.75) is 39.7 Å². The van der Waals surface area contributed by atoms with Crippen LogP contribution in [0.4, 0.5) is 10.2 Å². The van der Waals surface area contributed by atoms with Crippen molar-refractivity contribution < 1.29 is 4.39 Å². The number of nitrogens with zero attached hydrogens (tertiary/aromatic N) is 4. The van der Waals surface area contributed by atoms with Gasteiger partial charge in [0, 0.05) is 63.8 Å². The highest BCUT2D eigenvalue weighted by Crippen LogP contribution is 2.24. The lowest BCUT2D eigenvalue weighted by Crippen LogP contribution is -2.46. The quantitative estimate of drug-likeness (QED) is 0.221. The number of hydrazine groups is 2. The van der Waals surface area contributed by atoms with Crippen LogP contribution in [0.2, 0.25) is 0 Å². The third-order valence-corrected chi connectivity index (χ3v) is 6.21. The number of benzene rings is 1. The Kier molecular flexibility index (Phi) is 11.7. The summed E-state index contributed by atoms with van der Waals surface area (Å²) in [7, 11) is 3.83. The van der Waals surface area contributed by atoms with Gasteiger partial charge in [0.25, 0.3) is 0 Å². The average molecular weight is 499 g/mol. The third-order valence-electron chi connectivity index (χ3n) is 6.21. The number of piperidine rings is 1. The summed E-state index contributed by atoms with van der Waals surface area (Å²) in [5.74, 6) is 6.91. The number of likely N-dealkylation sites (tertiary alicyclic amines) is 1. The van der Waals surface area contributed by atoms with Gasteiger partial charge in [-0.3, -0.25) is 0 Å². The zero-order chi connectivity index (χ0) is 26.7. The summed E-state index contributed by atoms with van der Waals surface area (Å²) < 4.78 is 12.5. The van der Waals surface area contributed by atoms with E-state index in [9.17, 15) is 4.39 Å². The van der Waals surface area contributed by atoms with E-state index < -0.39 is 0 Å². The lowest BCUT2D eigenvalue weighted by atomic mass is 10.0. The SMILES string of the molecule is C=C(Nc1cc2cc(/C(C)=C/N(C)NC)ccc2cn1)/C(N)=C/N(N)C1CCN(CCF)CC1.CC. The summed E-state index contributed by atoms with van der Waals surface area (Å²) in [6.07, 6.45) is 7.31. The van der Waals surface area contributed by atoms with Gasteiger partial charge in [0.1, 0.15) is 12.5 Å². The van der Waals surface area contributed by atoms with E-state index in [4.69, 9.17) is 11.6 Å². The van der Waals surface area contributed by atoms with Crippen LogP contribution in [0.15, 0.2) is 60.8 Å². The molecule has 1 saturated heterocycles. The number of hydrogen-bond acceptors (Lipinski definition) is 8. The predicted octanol–water partition coefficient (Wildman–Crippen LogP) is 4.02. The van der Waals surface area contributed by atoms with E-state index in [0.29, 0.717) is 23.8 Å². The Morgan fingerprint density at radius 1 is 1.22 bits per heavy atom. The molecule has 1 aromatic heterocycles. The van der Waals surface area contributed by atoms with E-state index in [1.54, 1.807) is 11.2 Å². The highest BCUT2D eigenvalue weighted by Gasteiger charge is 2.21. The van der Waals surface area contributed by atoms with Crippen LogP contribution in [0.3, 0.4) is 0 Å². The summed E-state index contributed by atoms with van der Waals surface area (Å²) in [5.41, 5.74) is 12.6. The van der Waals surface area contributed by atoms with Gasteiger partial charge >= 0.3 is 0 Å². The van der Waals surface area contributed by atoms with E-state index in [-0.39, 0.29) is 12.7 Å². The monoisotopic (exact) mass is 498 g/mol. The molecule has 0 bridgehead atoms. The summed E-state index contributed by atoms with van der Waals surface area (Å²) >= 11 is 0. The molecule has 0 radical (unpaired) electrons. The van der Waals surface area contributed by atoms with Gasteiger partial charge in [-0.15, -0.1) is 0 Å².